The molecule has 6 aliphatic rings. The SMILES string of the molecule is CO[C@H]1[C@H](O[C@H]2CC[C@]3(C)C4=CC[C@]5(C)[C@@H]([C@H](C)CC[C@H](O[C@@H]6O[C@@H](CO)[C@H](O)[C@H]6O)C(C)C)C[C@H](O)[C@H]5[C@]4(O)C[C@@H](O)[C@H]3[C@H]2O)OC[C@@H](O)[C@@H]1O. The van der Waals surface area contributed by atoms with Gasteiger partial charge in [0.1, 0.15) is 36.6 Å². The first-order valence-corrected chi connectivity index (χ1v) is 19.3. The fourth-order valence-corrected chi connectivity index (χ4v) is 11.6. The zero-order valence-electron chi connectivity index (χ0n) is 31.4. The van der Waals surface area contributed by atoms with Gasteiger partial charge in [0.25, 0.3) is 0 Å². The van der Waals surface area contributed by atoms with Gasteiger partial charge >= 0.3 is 0 Å². The molecular weight excluding hydrogens is 680 g/mol. The topological polar surface area (TPSA) is 228 Å². The van der Waals surface area contributed by atoms with Crippen molar-refractivity contribution >= 4 is 0 Å². The van der Waals surface area contributed by atoms with Gasteiger partial charge in [0, 0.05) is 25.4 Å². The maximum Gasteiger partial charge on any atom is 0.186 e. The van der Waals surface area contributed by atoms with Crippen LogP contribution in [-0.4, -0.2) is 152 Å². The molecule has 0 spiro atoms. The maximum absolute atomic E-state index is 12.8. The number of ether oxygens (including phenoxy) is 5. The lowest BCUT2D eigenvalue weighted by atomic mass is 9.45. The van der Waals surface area contributed by atoms with Crippen molar-refractivity contribution in [2.24, 2.45) is 40.4 Å². The average molecular weight is 745 g/mol. The Kier molecular flexibility index (Phi) is 12.0. The molecule has 0 amide bonds. The molecule has 2 heterocycles. The standard InChI is InChI=1S/C38H64O14/c1-17(2)23(50-34-31(46)30(45)25(15-39)52-34)8-7-18(3)19-13-20(40)33-36(19,4)12-10-26-37(5)11-9-24(29(44)27(37)21(41)14-38(26,33)47)51-35-32(48-6)28(43)22(42)16-49-35/h10,17-25,27-35,39-47H,7-9,11-16H2,1-6H3/t18-,19-,20+,21-,22-,23+,24+,25+,27+,28+,29+,30+,31-,32-,33-,34-,35+,36-,37-,38+/m1/s1. The van der Waals surface area contributed by atoms with E-state index in [4.69, 9.17) is 23.7 Å². The highest BCUT2D eigenvalue weighted by Gasteiger charge is 2.69. The predicted molar refractivity (Wildman–Crippen MR) is 184 cm³/mol. The minimum atomic E-state index is -1.49. The molecule has 0 aromatic rings. The zero-order valence-corrected chi connectivity index (χ0v) is 31.4. The van der Waals surface area contributed by atoms with E-state index >= 15 is 0 Å². The summed E-state index contributed by atoms with van der Waals surface area (Å²) in [4.78, 5) is 0. The number of aliphatic hydroxyl groups excluding tert-OH is 8. The summed E-state index contributed by atoms with van der Waals surface area (Å²) in [6.45, 7) is 9.74. The van der Waals surface area contributed by atoms with Crippen LogP contribution in [0.25, 0.3) is 0 Å². The number of fused-ring (bicyclic) bond motifs is 5. The molecule has 0 radical (unpaired) electrons. The van der Waals surface area contributed by atoms with Crippen LogP contribution in [0.2, 0.25) is 0 Å². The second kappa shape index (κ2) is 15.3. The lowest BCUT2D eigenvalue weighted by Gasteiger charge is -2.63. The van der Waals surface area contributed by atoms with E-state index in [1.807, 2.05) is 20.8 Å². The summed E-state index contributed by atoms with van der Waals surface area (Å²) in [6, 6.07) is 0. The molecule has 3 saturated carbocycles. The molecule has 6 rings (SSSR count). The Hall–Kier alpha value is -0.820. The Morgan fingerprint density at radius 3 is 2.25 bits per heavy atom. The van der Waals surface area contributed by atoms with E-state index in [0.717, 1.165) is 12.0 Å². The summed E-state index contributed by atoms with van der Waals surface area (Å²) in [6.07, 6.45) is -7.44. The first-order valence-electron chi connectivity index (χ1n) is 19.3. The lowest BCUT2D eigenvalue weighted by Crippen LogP contribution is -2.67. The third-order valence-corrected chi connectivity index (χ3v) is 14.3. The van der Waals surface area contributed by atoms with Crippen LogP contribution in [0.15, 0.2) is 11.6 Å². The van der Waals surface area contributed by atoms with E-state index in [-0.39, 0.29) is 36.9 Å². The van der Waals surface area contributed by atoms with Gasteiger partial charge in [0.2, 0.25) is 0 Å². The van der Waals surface area contributed by atoms with Crippen molar-refractivity contribution in [2.45, 2.75) is 165 Å². The van der Waals surface area contributed by atoms with E-state index in [9.17, 15) is 46.0 Å². The van der Waals surface area contributed by atoms with Crippen molar-refractivity contribution in [1.29, 1.82) is 0 Å². The summed E-state index contributed by atoms with van der Waals surface area (Å²) in [7, 11) is 1.38. The summed E-state index contributed by atoms with van der Waals surface area (Å²) in [5, 5.41) is 98.7. The van der Waals surface area contributed by atoms with Crippen LogP contribution < -0.4 is 0 Å². The number of allylic oxidation sites excluding steroid dienone is 1. The van der Waals surface area contributed by atoms with Gasteiger partial charge < -0.3 is 69.6 Å². The quantitative estimate of drug-likeness (QED) is 0.100. The van der Waals surface area contributed by atoms with Gasteiger partial charge in [-0.3, -0.25) is 0 Å². The van der Waals surface area contributed by atoms with Crippen LogP contribution in [0.3, 0.4) is 0 Å². The van der Waals surface area contributed by atoms with Crippen molar-refractivity contribution in [3.63, 3.8) is 0 Å². The van der Waals surface area contributed by atoms with E-state index in [0.29, 0.717) is 32.1 Å². The molecule has 14 heteroatoms. The number of hydrogen-bond donors (Lipinski definition) is 9. The summed E-state index contributed by atoms with van der Waals surface area (Å²) in [5.74, 6) is -0.947. The fraction of sp³-hybridized carbons (Fsp3) is 0.947. The normalized spacial score (nSPS) is 51.8. The molecule has 5 fully saturated rings. The molecule has 0 aromatic heterocycles. The van der Waals surface area contributed by atoms with Crippen LogP contribution in [0.5, 0.6) is 0 Å². The van der Waals surface area contributed by atoms with Crippen LogP contribution >= 0.6 is 0 Å². The van der Waals surface area contributed by atoms with Gasteiger partial charge in [0.05, 0.1) is 49.3 Å². The molecule has 0 unspecified atom stereocenters. The first kappa shape index (κ1) is 40.8. The maximum atomic E-state index is 12.8. The van der Waals surface area contributed by atoms with Crippen molar-refractivity contribution in [2.75, 3.05) is 20.3 Å². The molecule has 20 atom stereocenters. The Morgan fingerprint density at radius 1 is 0.904 bits per heavy atom. The minimum absolute atomic E-state index is 0.0412. The highest BCUT2D eigenvalue weighted by molar-refractivity contribution is 5.38. The van der Waals surface area contributed by atoms with Gasteiger partial charge in [-0.15, -0.1) is 0 Å². The second-order valence-electron chi connectivity index (χ2n) is 17.7. The summed E-state index contributed by atoms with van der Waals surface area (Å²) < 4.78 is 28.9. The molecule has 0 aromatic carbocycles. The molecule has 2 saturated heterocycles. The number of rotatable bonds is 11. The van der Waals surface area contributed by atoms with Gasteiger partial charge in [-0.2, -0.15) is 0 Å². The van der Waals surface area contributed by atoms with Crippen molar-refractivity contribution in [3.8, 4) is 0 Å². The molecule has 52 heavy (non-hydrogen) atoms. The number of methoxy groups -OCH3 is 1. The van der Waals surface area contributed by atoms with Gasteiger partial charge in [-0.1, -0.05) is 40.7 Å². The van der Waals surface area contributed by atoms with Crippen LogP contribution in [0.4, 0.5) is 0 Å². The van der Waals surface area contributed by atoms with Crippen LogP contribution in [0, 0.1) is 40.4 Å². The van der Waals surface area contributed by atoms with E-state index in [1.54, 1.807) is 0 Å². The van der Waals surface area contributed by atoms with Gasteiger partial charge in [-0.05, 0) is 72.7 Å². The zero-order chi connectivity index (χ0) is 38.1. The highest BCUT2D eigenvalue weighted by atomic mass is 16.7. The van der Waals surface area contributed by atoms with Gasteiger partial charge in [0.15, 0.2) is 12.6 Å². The average Bonchev–Trinajstić information content (AvgIpc) is 3.52. The molecule has 2 aliphatic heterocycles. The Labute approximate surface area is 306 Å². The van der Waals surface area contributed by atoms with Gasteiger partial charge in [-0.25, -0.2) is 0 Å². The Bertz CT molecular complexity index is 1270. The number of aliphatic hydroxyl groups is 9. The Morgan fingerprint density at radius 2 is 1.62 bits per heavy atom. The van der Waals surface area contributed by atoms with E-state index in [2.05, 4.69) is 19.9 Å². The second-order valence-corrected chi connectivity index (χ2v) is 17.7. The largest absolute Gasteiger partial charge is 0.394 e. The minimum Gasteiger partial charge on any atom is -0.394 e. The van der Waals surface area contributed by atoms with E-state index < -0.39 is 108 Å². The highest BCUT2D eigenvalue weighted by Crippen LogP contribution is 2.68. The summed E-state index contributed by atoms with van der Waals surface area (Å²) >= 11 is 0. The Balaban J connectivity index is 1.16. The van der Waals surface area contributed by atoms with Crippen molar-refractivity contribution in [1.82, 2.24) is 0 Å². The van der Waals surface area contributed by atoms with Crippen LogP contribution in [-0.2, 0) is 23.7 Å². The van der Waals surface area contributed by atoms with Crippen molar-refractivity contribution < 1.29 is 69.6 Å². The van der Waals surface area contributed by atoms with E-state index in [1.165, 1.54) is 7.11 Å². The van der Waals surface area contributed by atoms with Crippen LogP contribution in [0.1, 0.15) is 79.6 Å². The molecular formula is C38H64O14. The predicted octanol–water partition coefficient (Wildman–Crippen LogP) is -0.0325. The van der Waals surface area contributed by atoms with Crippen molar-refractivity contribution in [3.05, 3.63) is 11.6 Å². The first-order chi connectivity index (χ1) is 24.4. The lowest BCUT2D eigenvalue weighted by molar-refractivity contribution is -0.307. The number of hydrogen-bond acceptors (Lipinski definition) is 14. The third-order valence-electron chi connectivity index (χ3n) is 14.3. The monoisotopic (exact) mass is 744 g/mol. The molecule has 9 N–H and O–H groups in total. The fourth-order valence-electron chi connectivity index (χ4n) is 11.6. The molecule has 300 valence electrons. The molecule has 4 aliphatic carbocycles. The molecule has 14 nitrogen and oxygen atoms in total. The smallest absolute Gasteiger partial charge is 0.186 e. The summed E-state index contributed by atoms with van der Waals surface area (Å²) in [5.41, 5.74) is -1.99. The third kappa shape index (κ3) is 6.74. The molecule has 0 bridgehead atoms.